The maximum Gasteiger partial charge on any atom is 0.306 e. The summed E-state index contributed by atoms with van der Waals surface area (Å²) >= 11 is 0. The van der Waals surface area contributed by atoms with E-state index in [2.05, 4.69) is 57.2 Å². The van der Waals surface area contributed by atoms with Gasteiger partial charge in [-0.1, -0.05) is 327 Å². The zero-order valence-electron chi connectivity index (χ0n) is 52.0. The molecule has 0 aliphatic rings. The van der Waals surface area contributed by atoms with Gasteiger partial charge in [-0.05, 0) is 70.6 Å². The first-order valence-corrected chi connectivity index (χ1v) is 34.5. The third kappa shape index (κ3) is 64.3. The second-order valence-corrected chi connectivity index (χ2v) is 23.4. The fourth-order valence-corrected chi connectivity index (χ4v) is 10.4. The predicted octanol–water partition coefficient (Wildman–Crippen LogP) is 23.6. The van der Waals surface area contributed by atoms with E-state index in [9.17, 15) is 14.4 Å². The van der Waals surface area contributed by atoms with Crippen LogP contribution in [0.5, 0.6) is 0 Å². The molecule has 0 aromatic carbocycles. The molecular weight excluding hydrogens is 949 g/mol. The van der Waals surface area contributed by atoms with Crippen molar-refractivity contribution < 1.29 is 28.6 Å². The summed E-state index contributed by atoms with van der Waals surface area (Å²) in [6.45, 7) is 6.63. The Hall–Kier alpha value is -2.37. The third-order valence-corrected chi connectivity index (χ3v) is 15.6. The quantitative estimate of drug-likeness (QED) is 0.0261. The lowest BCUT2D eigenvalue weighted by molar-refractivity contribution is -0.167. The van der Waals surface area contributed by atoms with E-state index < -0.39 is 6.10 Å². The Morgan fingerprint density at radius 3 is 0.779 bits per heavy atom. The minimum Gasteiger partial charge on any atom is -0.462 e. The second-order valence-electron chi connectivity index (χ2n) is 23.4. The Kier molecular flexibility index (Phi) is 64.1. The summed E-state index contributed by atoms with van der Waals surface area (Å²) in [7, 11) is 0. The topological polar surface area (TPSA) is 78.9 Å². The molecule has 0 heterocycles. The summed E-state index contributed by atoms with van der Waals surface area (Å²) < 4.78 is 16.9. The average molecular weight is 1080 g/mol. The molecule has 1 unspecified atom stereocenters. The number of rotatable bonds is 64. The van der Waals surface area contributed by atoms with Gasteiger partial charge in [0.25, 0.3) is 0 Å². The molecule has 0 fully saturated rings. The molecular formula is C71H132O6. The molecule has 0 aliphatic carbocycles. The van der Waals surface area contributed by atoms with Gasteiger partial charge in [0.15, 0.2) is 6.10 Å². The summed E-state index contributed by atoms with van der Waals surface area (Å²) in [6.07, 6.45) is 81.9. The first-order valence-electron chi connectivity index (χ1n) is 34.5. The Balaban J connectivity index is 4.12. The minimum absolute atomic E-state index is 0.0693. The van der Waals surface area contributed by atoms with Crippen molar-refractivity contribution in [1.29, 1.82) is 0 Å². The van der Waals surface area contributed by atoms with Gasteiger partial charge in [-0.3, -0.25) is 14.4 Å². The van der Waals surface area contributed by atoms with Gasteiger partial charge in [0, 0.05) is 19.3 Å². The smallest absolute Gasteiger partial charge is 0.306 e. The summed E-state index contributed by atoms with van der Waals surface area (Å²) in [4.78, 5) is 38.3. The first-order chi connectivity index (χ1) is 38.0. The van der Waals surface area contributed by atoms with Crippen LogP contribution >= 0.6 is 0 Å². The van der Waals surface area contributed by atoms with E-state index in [0.29, 0.717) is 19.3 Å². The molecule has 0 spiro atoms. The van der Waals surface area contributed by atoms with Crippen LogP contribution in [-0.4, -0.2) is 37.2 Å². The van der Waals surface area contributed by atoms with Gasteiger partial charge in [-0.25, -0.2) is 0 Å². The Morgan fingerprint density at radius 1 is 0.260 bits per heavy atom. The molecule has 0 amide bonds. The van der Waals surface area contributed by atoms with Crippen molar-refractivity contribution in [3.8, 4) is 0 Å². The van der Waals surface area contributed by atoms with Crippen molar-refractivity contribution in [1.82, 2.24) is 0 Å². The summed E-state index contributed by atoms with van der Waals surface area (Å²) in [6, 6.07) is 0. The van der Waals surface area contributed by atoms with Crippen LogP contribution in [0.15, 0.2) is 36.5 Å². The van der Waals surface area contributed by atoms with E-state index in [1.54, 1.807) is 0 Å². The van der Waals surface area contributed by atoms with Crippen molar-refractivity contribution in [3.05, 3.63) is 36.5 Å². The zero-order chi connectivity index (χ0) is 55.7. The van der Waals surface area contributed by atoms with Gasteiger partial charge in [0.2, 0.25) is 0 Å². The monoisotopic (exact) mass is 1080 g/mol. The van der Waals surface area contributed by atoms with Crippen LogP contribution in [0.4, 0.5) is 0 Å². The fourth-order valence-electron chi connectivity index (χ4n) is 10.4. The van der Waals surface area contributed by atoms with Gasteiger partial charge < -0.3 is 14.2 Å². The zero-order valence-corrected chi connectivity index (χ0v) is 52.0. The Morgan fingerprint density at radius 2 is 0.494 bits per heavy atom. The molecule has 1 atom stereocenters. The van der Waals surface area contributed by atoms with E-state index in [1.165, 1.54) is 263 Å². The molecule has 6 nitrogen and oxygen atoms in total. The summed E-state index contributed by atoms with van der Waals surface area (Å²) in [5, 5.41) is 0. The van der Waals surface area contributed by atoms with E-state index >= 15 is 0 Å². The first kappa shape index (κ1) is 74.6. The van der Waals surface area contributed by atoms with Gasteiger partial charge in [0.1, 0.15) is 13.2 Å². The van der Waals surface area contributed by atoms with Gasteiger partial charge in [0.05, 0.1) is 0 Å². The van der Waals surface area contributed by atoms with Crippen molar-refractivity contribution in [2.24, 2.45) is 0 Å². The number of unbranched alkanes of at least 4 members (excludes halogenated alkanes) is 47. The largest absolute Gasteiger partial charge is 0.462 e. The molecule has 0 aromatic heterocycles. The maximum atomic E-state index is 12.9. The fraction of sp³-hybridized carbons (Fsp3) is 0.873. The van der Waals surface area contributed by atoms with Crippen LogP contribution in [0, 0.1) is 0 Å². The number of ether oxygens (including phenoxy) is 3. The predicted molar refractivity (Wildman–Crippen MR) is 335 cm³/mol. The molecule has 0 rings (SSSR count). The molecule has 0 radical (unpaired) electrons. The van der Waals surface area contributed by atoms with Crippen LogP contribution in [0.2, 0.25) is 0 Å². The highest BCUT2D eigenvalue weighted by molar-refractivity contribution is 5.71. The molecule has 0 saturated heterocycles. The van der Waals surface area contributed by atoms with Crippen LogP contribution in [0.25, 0.3) is 0 Å². The average Bonchev–Trinajstić information content (AvgIpc) is 3.43. The van der Waals surface area contributed by atoms with Gasteiger partial charge in [-0.2, -0.15) is 0 Å². The van der Waals surface area contributed by atoms with Crippen molar-refractivity contribution in [2.75, 3.05) is 13.2 Å². The number of hydrogen-bond acceptors (Lipinski definition) is 6. The molecule has 0 aliphatic heterocycles. The van der Waals surface area contributed by atoms with Crippen molar-refractivity contribution >= 4 is 17.9 Å². The molecule has 452 valence electrons. The Labute approximate surface area is 480 Å². The van der Waals surface area contributed by atoms with Crippen LogP contribution in [0.3, 0.4) is 0 Å². The number of hydrogen-bond donors (Lipinski definition) is 0. The highest BCUT2D eigenvalue weighted by Gasteiger charge is 2.19. The Bertz CT molecular complexity index is 1290. The van der Waals surface area contributed by atoms with Gasteiger partial charge in [-0.15, -0.1) is 0 Å². The molecule has 0 N–H and O–H groups in total. The molecule has 0 aromatic rings. The van der Waals surface area contributed by atoms with E-state index in [0.717, 1.165) is 77.0 Å². The number of carbonyl (C=O) groups is 3. The standard InChI is InChI=1S/C71H132O6/c1-4-7-10-13-16-19-22-24-26-28-30-32-33-34-35-36-37-38-39-40-42-43-45-47-49-52-55-58-61-64-70(73)76-67-68(66-75-69(72)63-60-57-54-51-21-18-15-12-9-6-3)77-71(74)65-62-59-56-53-50-48-46-44-41-31-29-27-25-23-20-17-14-11-8-5-2/h12,15,22,24,28,30,68H,4-11,13-14,16-21,23,25-27,29,31-67H2,1-3H3/b15-12-,24-22-,30-28-. The lowest BCUT2D eigenvalue weighted by Crippen LogP contribution is -2.30. The molecule has 77 heavy (non-hydrogen) atoms. The highest BCUT2D eigenvalue weighted by atomic mass is 16.6. The second kappa shape index (κ2) is 66.1. The third-order valence-electron chi connectivity index (χ3n) is 15.6. The minimum atomic E-state index is -0.772. The number of esters is 3. The van der Waals surface area contributed by atoms with Crippen LogP contribution < -0.4 is 0 Å². The van der Waals surface area contributed by atoms with Gasteiger partial charge >= 0.3 is 17.9 Å². The van der Waals surface area contributed by atoms with Crippen LogP contribution in [-0.2, 0) is 28.6 Å². The lowest BCUT2D eigenvalue weighted by atomic mass is 10.0. The molecule has 0 bridgehead atoms. The van der Waals surface area contributed by atoms with Crippen molar-refractivity contribution in [2.45, 2.75) is 386 Å². The highest BCUT2D eigenvalue weighted by Crippen LogP contribution is 2.18. The maximum absolute atomic E-state index is 12.9. The van der Waals surface area contributed by atoms with Crippen molar-refractivity contribution in [3.63, 3.8) is 0 Å². The van der Waals surface area contributed by atoms with E-state index in [1.807, 2.05) is 0 Å². The molecule has 0 saturated carbocycles. The normalized spacial score (nSPS) is 12.2. The molecule has 6 heteroatoms. The summed E-state index contributed by atoms with van der Waals surface area (Å²) in [5.41, 5.74) is 0. The lowest BCUT2D eigenvalue weighted by Gasteiger charge is -2.18. The van der Waals surface area contributed by atoms with Crippen LogP contribution in [0.1, 0.15) is 380 Å². The van der Waals surface area contributed by atoms with E-state index in [-0.39, 0.29) is 31.1 Å². The van der Waals surface area contributed by atoms with E-state index in [4.69, 9.17) is 14.2 Å². The number of carbonyl (C=O) groups excluding carboxylic acids is 3. The number of allylic oxidation sites excluding steroid dienone is 6. The SMILES string of the molecule is CCC/C=C\CCCCCCCC(=O)OCC(COC(=O)CCCCCCCCCCCCCCCCCCC/C=C\C/C=C\CCCCCCC)OC(=O)CCCCCCCCCCCCCCCCCCCCCC. The summed E-state index contributed by atoms with van der Waals surface area (Å²) in [5.74, 6) is -0.854.